The zero-order valence-electron chi connectivity index (χ0n) is 11.9. The van der Waals surface area contributed by atoms with E-state index in [9.17, 15) is 0 Å². The molecule has 0 fully saturated rings. The van der Waals surface area contributed by atoms with Gasteiger partial charge in [0.2, 0.25) is 0 Å². The molecule has 3 rings (SSSR count). The van der Waals surface area contributed by atoms with Crippen molar-refractivity contribution in [2.24, 2.45) is 0 Å². The van der Waals surface area contributed by atoms with E-state index in [1.165, 1.54) is 0 Å². The van der Waals surface area contributed by atoms with E-state index in [1.54, 1.807) is 11.8 Å². The summed E-state index contributed by atoms with van der Waals surface area (Å²) < 4.78 is 6.87. The normalized spacial score (nSPS) is 10.6. The van der Waals surface area contributed by atoms with Gasteiger partial charge in [-0.05, 0) is 36.8 Å². The Bertz CT molecular complexity index is 779. The smallest absolute Gasteiger partial charge is 0.155 e. The Hall–Kier alpha value is -2.82. The monoisotopic (exact) mass is 280 g/mol. The maximum Gasteiger partial charge on any atom is 0.155 e. The maximum absolute atomic E-state index is 6.21. The average molecular weight is 280 g/mol. The van der Waals surface area contributed by atoms with Gasteiger partial charge >= 0.3 is 0 Å². The standard InChI is InChI=1S/C16H16N4O/c1-11-5-3-7-13(9-11)20-16(17)15(18-19-20)12-6-4-8-14(10-12)21-2/h3-10H,17H2,1-2H3. The fourth-order valence-corrected chi connectivity index (χ4v) is 2.22. The molecule has 0 saturated heterocycles. The zero-order valence-corrected chi connectivity index (χ0v) is 11.9. The van der Waals surface area contributed by atoms with E-state index in [1.807, 2.05) is 55.5 Å². The van der Waals surface area contributed by atoms with Crippen molar-refractivity contribution in [3.05, 3.63) is 54.1 Å². The van der Waals surface area contributed by atoms with Gasteiger partial charge in [-0.3, -0.25) is 0 Å². The largest absolute Gasteiger partial charge is 0.497 e. The number of nitrogens with zero attached hydrogens (tertiary/aromatic N) is 3. The van der Waals surface area contributed by atoms with E-state index in [4.69, 9.17) is 10.5 Å². The molecule has 0 aliphatic heterocycles. The molecule has 3 aromatic rings. The summed E-state index contributed by atoms with van der Waals surface area (Å²) in [5.41, 5.74) is 9.78. The topological polar surface area (TPSA) is 66.0 Å². The molecule has 0 aliphatic rings. The Morgan fingerprint density at radius 1 is 1.10 bits per heavy atom. The van der Waals surface area contributed by atoms with Crippen molar-refractivity contribution in [1.82, 2.24) is 15.0 Å². The number of rotatable bonds is 3. The number of hydrogen-bond acceptors (Lipinski definition) is 4. The second kappa shape index (κ2) is 5.28. The summed E-state index contributed by atoms with van der Waals surface area (Å²) in [6.45, 7) is 2.03. The van der Waals surface area contributed by atoms with Gasteiger partial charge in [-0.1, -0.05) is 29.5 Å². The fraction of sp³-hybridized carbons (Fsp3) is 0.125. The SMILES string of the molecule is COc1cccc(-c2nnn(-c3cccc(C)c3)c2N)c1. The van der Waals surface area contributed by atoms with Gasteiger partial charge in [0.15, 0.2) is 5.82 Å². The highest BCUT2D eigenvalue weighted by Crippen LogP contribution is 2.27. The predicted molar refractivity (Wildman–Crippen MR) is 82.5 cm³/mol. The van der Waals surface area contributed by atoms with Crippen LogP contribution in [-0.4, -0.2) is 22.1 Å². The first-order chi connectivity index (χ1) is 10.2. The molecule has 1 aromatic heterocycles. The third-order valence-electron chi connectivity index (χ3n) is 3.29. The third-order valence-corrected chi connectivity index (χ3v) is 3.29. The molecule has 0 amide bonds. The molecule has 21 heavy (non-hydrogen) atoms. The highest BCUT2D eigenvalue weighted by atomic mass is 16.5. The number of anilines is 1. The van der Waals surface area contributed by atoms with E-state index >= 15 is 0 Å². The number of benzene rings is 2. The first kappa shape index (κ1) is 13.2. The quantitative estimate of drug-likeness (QED) is 0.801. The minimum atomic E-state index is 0.508. The van der Waals surface area contributed by atoms with Gasteiger partial charge in [0.05, 0.1) is 12.8 Å². The van der Waals surface area contributed by atoms with Gasteiger partial charge in [-0.15, -0.1) is 5.10 Å². The summed E-state index contributed by atoms with van der Waals surface area (Å²) in [5.74, 6) is 1.27. The lowest BCUT2D eigenvalue weighted by atomic mass is 10.1. The molecule has 0 atom stereocenters. The second-order valence-corrected chi connectivity index (χ2v) is 4.81. The van der Waals surface area contributed by atoms with Crippen molar-refractivity contribution in [3.8, 4) is 22.7 Å². The van der Waals surface area contributed by atoms with Gasteiger partial charge < -0.3 is 10.5 Å². The number of ether oxygens (including phenoxy) is 1. The van der Waals surface area contributed by atoms with E-state index in [0.717, 1.165) is 22.6 Å². The summed E-state index contributed by atoms with van der Waals surface area (Å²) in [6.07, 6.45) is 0. The highest BCUT2D eigenvalue weighted by Gasteiger charge is 2.13. The van der Waals surface area contributed by atoms with Crippen molar-refractivity contribution in [2.45, 2.75) is 6.92 Å². The summed E-state index contributed by atoms with van der Waals surface area (Å²) in [7, 11) is 1.63. The van der Waals surface area contributed by atoms with Crippen LogP contribution in [0, 0.1) is 6.92 Å². The Kier molecular flexibility index (Phi) is 3.31. The van der Waals surface area contributed by atoms with Crippen molar-refractivity contribution >= 4 is 5.82 Å². The van der Waals surface area contributed by atoms with Crippen LogP contribution in [0.15, 0.2) is 48.5 Å². The molecule has 0 aliphatic carbocycles. The summed E-state index contributed by atoms with van der Waals surface area (Å²) in [4.78, 5) is 0. The summed E-state index contributed by atoms with van der Waals surface area (Å²) >= 11 is 0. The Morgan fingerprint density at radius 2 is 1.90 bits per heavy atom. The fourth-order valence-electron chi connectivity index (χ4n) is 2.22. The highest BCUT2D eigenvalue weighted by molar-refractivity contribution is 5.72. The number of nitrogens with two attached hydrogens (primary N) is 1. The predicted octanol–water partition coefficient (Wildman–Crippen LogP) is 2.83. The lowest BCUT2D eigenvalue weighted by Crippen LogP contribution is -2.02. The number of methoxy groups -OCH3 is 1. The van der Waals surface area contributed by atoms with E-state index in [2.05, 4.69) is 10.3 Å². The van der Waals surface area contributed by atoms with Crippen LogP contribution in [0.5, 0.6) is 5.75 Å². The van der Waals surface area contributed by atoms with Crippen LogP contribution in [0.25, 0.3) is 16.9 Å². The van der Waals surface area contributed by atoms with E-state index < -0.39 is 0 Å². The Balaban J connectivity index is 2.06. The van der Waals surface area contributed by atoms with Crippen molar-refractivity contribution in [1.29, 1.82) is 0 Å². The molecular formula is C16H16N4O. The molecule has 2 aromatic carbocycles. The van der Waals surface area contributed by atoms with E-state index in [-0.39, 0.29) is 0 Å². The first-order valence-electron chi connectivity index (χ1n) is 6.61. The minimum absolute atomic E-state index is 0.508. The van der Waals surface area contributed by atoms with Crippen LogP contribution < -0.4 is 10.5 Å². The molecule has 2 N–H and O–H groups in total. The molecule has 106 valence electrons. The molecule has 5 heteroatoms. The lowest BCUT2D eigenvalue weighted by molar-refractivity contribution is 0.415. The second-order valence-electron chi connectivity index (χ2n) is 4.81. The lowest BCUT2D eigenvalue weighted by Gasteiger charge is -2.05. The van der Waals surface area contributed by atoms with Gasteiger partial charge in [-0.25, -0.2) is 0 Å². The third kappa shape index (κ3) is 2.45. The van der Waals surface area contributed by atoms with Gasteiger partial charge in [0.1, 0.15) is 11.4 Å². The number of aromatic nitrogens is 3. The number of hydrogen-bond donors (Lipinski definition) is 1. The molecule has 0 radical (unpaired) electrons. The van der Waals surface area contributed by atoms with Crippen LogP contribution in [0.4, 0.5) is 5.82 Å². The Morgan fingerprint density at radius 3 is 2.67 bits per heavy atom. The van der Waals surface area contributed by atoms with Crippen LogP contribution in [0.1, 0.15) is 5.56 Å². The number of nitrogen functional groups attached to an aromatic ring is 1. The molecule has 1 heterocycles. The Labute approximate surface area is 123 Å². The van der Waals surface area contributed by atoms with Crippen LogP contribution in [-0.2, 0) is 0 Å². The van der Waals surface area contributed by atoms with Crippen LogP contribution >= 0.6 is 0 Å². The molecule has 0 spiro atoms. The zero-order chi connectivity index (χ0) is 14.8. The van der Waals surface area contributed by atoms with Gasteiger partial charge in [-0.2, -0.15) is 4.68 Å². The van der Waals surface area contributed by atoms with Crippen LogP contribution in [0.2, 0.25) is 0 Å². The van der Waals surface area contributed by atoms with Crippen molar-refractivity contribution in [3.63, 3.8) is 0 Å². The van der Waals surface area contributed by atoms with Gasteiger partial charge in [0, 0.05) is 5.56 Å². The van der Waals surface area contributed by atoms with Crippen molar-refractivity contribution in [2.75, 3.05) is 12.8 Å². The molecular weight excluding hydrogens is 264 g/mol. The van der Waals surface area contributed by atoms with Crippen LogP contribution in [0.3, 0.4) is 0 Å². The van der Waals surface area contributed by atoms with Gasteiger partial charge in [0.25, 0.3) is 0 Å². The molecule has 0 saturated carbocycles. The first-order valence-corrected chi connectivity index (χ1v) is 6.61. The summed E-state index contributed by atoms with van der Waals surface area (Å²) in [6, 6.07) is 15.6. The van der Waals surface area contributed by atoms with E-state index in [0.29, 0.717) is 11.5 Å². The molecule has 5 nitrogen and oxygen atoms in total. The minimum Gasteiger partial charge on any atom is -0.497 e. The molecule has 0 bridgehead atoms. The number of aryl methyl sites for hydroxylation is 1. The average Bonchev–Trinajstić information content (AvgIpc) is 2.89. The van der Waals surface area contributed by atoms with Crippen molar-refractivity contribution < 1.29 is 4.74 Å². The maximum atomic E-state index is 6.21. The summed E-state index contributed by atoms with van der Waals surface area (Å²) in [5, 5.41) is 8.36. The molecule has 0 unspecified atom stereocenters.